The average molecular weight is 469 g/mol. The number of ether oxygens (including phenoxy) is 1. The maximum absolute atomic E-state index is 14.9. The summed E-state index contributed by atoms with van der Waals surface area (Å²) >= 11 is 0. The van der Waals surface area contributed by atoms with E-state index in [1.54, 1.807) is 18.2 Å². The molecule has 2 aliphatic carbocycles. The van der Waals surface area contributed by atoms with Crippen molar-refractivity contribution >= 4 is 5.57 Å². The molecule has 0 bridgehead atoms. The molecule has 0 spiro atoms. The fourth-order valence-corrected chi connectivity index (χ4v) is 5.36. The molecular weight excluding hydrogens is 433 g/mol. The molecule has 1 nitrogen and oxygen atoms in total. The highest BCUT2D eigenvalue weighted by molar-refractivity contribution is 5.78. The summed E-state index contributed by atoms with van der Waals surface area (Å²) in [6, 6.07) is 10.6. The van der Waals surface area contributed by atoms with Gasteiger partial charge in [-0.25, -0.2) is 8.78 Å². The first-order chi connectivity index (χ1) is 16.5. The van der Waals surface area contributed by atoms with Crippen molar-refractivity contribution in [1.82, 2.24) is 0 Å². The monoisotopic (exact) mass is 468 g/mol. The lowest BCUT2D eigenvalue weighted by Crippen LogP contribution is -2.15. The third-order valence-electron chi connectivity index (χ3n) is 7.51. The van der Waals surface area contributed by atoms with Gasteiger partial charge in [-0.1, -0.05) is 63.1 Å². The maximum Gasteiger partial charge on any atom is 0.200 e. The van der Waals surface area contributed by atoms with Gasteiger partial charge in [-0.15, -0.1) is 0 Å². The van der Waals surface area contributed by atoms with Crippen LogP contribution in [0.3, 0.4) is 0 Å². The fourth-order valence-electron chi connectivity index (χ4n) is 5.36. The highest BCUT2D eigenvalue weighted by atomic mass is 19.2. The van der Waals surface area contributed by atoms with E-state index in [1.807, 2.05) is 30.3 Å². The zero-order valence-electron chi connectivity index (χ0n) is 20.3. The first-order valence-corrected chi connectivity index (χ1v) is 12.8. The SMILES string of the molecule is CCCC1CCC(c2ccc(OCc3ccc(C4=CCC(CC)C=C4F)cc3)c(F)c2F)CC1. The molecule has 0 heterocycles. The van der Waals surface area contributed by atoms with Gasteiger partial charge >= 0.3 is 0 Å². The van der Waals surface area contributed by atoms with Crippen LogP contribution in [0, 0.1) is 23.5 Å². The topological polar surface area (TPSA) is 9.23 Å². The zero-order chi connectivity index (χ0) is 24.1. The van der Waals surface area contributed by atoms with E-state index in [9.17, 15) is 13.2 Å². The van der Waals surface area contributed by atoms with E-state index in [1.165, 1.54) is 12.8 Å². The Balaban J connectivity index is 1.37. The lowest BCUT2D eigenvalue weighted by molar-refractivity contribution is 0.279. The van der Waals surface area contributed by atoms with Gasteiger partial charge in [0.1, 0.15) is 12.4 Å². The Morgan fingerprint density at radius 1 is 0.882 bits per heavy atom. The molecule has 1 atom stereocenters. The van der Waals surface area contributed by atoms with Gasteiger partial charge in [0.15, 0.2) is 11.6 Å². The number of hydrogen-bond acceptors (Lipinski definition) is 1. The average Bonchev–Trinajstić information content (AvgIpc) is 2.86. The molecule has 2 aliphatic rings. The summed E-state index contributed by atoms with van der Waals surface area (Å²) in [6.45, 7) is 4.37. The standard InChI is InChI=1S/C30H35F3O/c1-3-5-21-6-11-24(12-7-21)26-16-17-28(30(33)29(26)32)34-19-22-8-13-23(14-9-22)25-15-10-20(4-2)18-27(25)31/h8-9,13-18,20-21,24H,3-7,10-12,19H2,1-2H3. The molecule has 4 rings (SSSR count). The molecule has 0 amide bonds. The maximum atomic E-state index is 14.9. The van der Waals surface area contributed by atoms with Crippen LogP contribution in [0.5, 0.6) is 5.75 Å². The second-order valence-electron chi connectivity index (χ2n) is 9.81. The van der Waals surface area contributed by atoms with Gasteiger partial charge in [-0.05, 0) is 85.1 Å². The summed E-state index contributed by atoms with van der Waals surface area (Å²) < 4.78 is 49.7. The number of rotatable bonds is 8. The first kappa shape index (κ1) is 24.6. The summed E-state index contributed by atoms with van der Waals surface area (Å²) in [7, 11) is 0. The second kappa shape index (κ2) is 11.3. The molecule has 0 N–H and O–H groups in total. The van der Waals surface area contributed by atoms with Crippen LogP contribution < -0.4 is 4.74 Å². The van der Waals surface area contributed by atoms with Crippen molar-refractivity contribution in [2.75, 3.05) is 0 Å². The van der Waals surface area contributed by atoms with Gasteiger partial charge in [0.05, 0.1) is 0 Å². The zero-order valence-corrected chi connectivity index (χ0v) is 20.3. The molecule has 34 heavy (non-hydrogen) atoms. The first-order valence-electron chi connectivity index (χ1n) is 12.8. The number of halogens is 3. The molecule has 0 aliphatic heterocycles. The Bertz CT molecular complexity index is 1030. The Morgan fingerprint density at radius 2 is 1.62 bits per heavy atom. The van der Waals surface area contributed by atoms with Crippen LogP contribution in [0.2, 0.25) is 0 Å². The van der Waals surface area contributed by atoms with E-state index in [4.69, 9.17) is 4.74 Å². The predicted molar refractivity (Wildman–Crippen MR) is 132 cm³/mol. The van der Waals surface area contributed by atoms with Crippen molar-refractivity contribution in [1.29, 1.82) is 0 Å². The van der Waals surface area contributed by atoms with Crippen LogP contribution in [0.15, 0.2) is 54.4 Å². The van der Waals surface area contributed by atoms with Crippen molar-refractivity contribution in [3.63, 3.8) is 0 Å². The van der Waals surface area contributed by atoms with Crippen LogP contribution in [-0.2, 0) is 6.61 Å². The minimum absolute atomic E-state index is 0.0698. The van der Waals surface area contributed by atoms with E-state index in [0.29, 0.717) is 11.1 Å². The summed E-state index contributed by atoms with van der Waals surface area (Å²) in [4.78, 5) is 0. The summed E-state index contributed by atoms with van der Waals surface area (Å²) in [5.41, 5.74) is 2.71. The van der Waals surface area contributed by atoms with Crippen LogP contribution in [0.1, 0.15) is 87.8 Å². The number of allylic oxidation sites excluding steroid dienone is 4. The molecule has 0 aromatic heterocycles. The van der Waals surface area contributed by atoms with Crippen LogP contribution >= 0.6 is 0 Å². The Morgan fingerprint density at radius 3 is 2.26 bits per heavy atom. The van der Waals surface area contributed by atoms with Gasteiger partial charge in [0, 0.05) is 5.57 Å². The van der Waals surface area contributed by atoms with Crippen molar-refractivity contribution < 1.29 is 17.9 Å². The number of hydrogen-bond donors (Lipinski definition) is 0. The molecular formula is C30H35F3O. The quantitative estimate of drug-likeness (QED) is 0.375. The van der Waals surface area contributed by atoms with E-state index >= 15 is 0 Å². The molecule has 1 saturated carbocycles. The van der Waals surface area contributed by atoms with Crippen LogP contribution in [0.25, 0.3) is 5.57 Å². The number of benzene rings is 2. The van der Waals surface area contributed by atoms with E-state index in [-0.39, 0.29) is 30.0 Å². The van der Waals surface area contributed by atoms with Gasteiger partial charge in [0.2, 0.25) is 5.82 Å². The third-order valence-corrected chi connectivity index (χ3v) is 7.51. The minimum Gasteiger partial charge on any atom is -0.486 e. The van der Waals surface area contributed by atoms with Crippen molar-refractivity contribution in [2.24, 2.45) is 11.8 Å². The smallest absolute Gasteiger partial charge is 0.200 e. The van der Waals surface area contributed by atoms with Crippen molar-refractivity contribution in [2.45, 2.75) is 77.7 Å². The van der Waals surface area contributed by atoms with Gasteiger partial charge < -0.3 is 4.74 Å². The Hall–Kier alpha value is -2.49. The van der Waals surface area contributed by atoms with E-state index < -0.39 is 11.6 Å². The summed E-state index contributed by atoms with van der Waals surface area (Å²) in [6.07, 6.45) is 11.8. The molecule has 0 radical (unpaired) electrons. The summed E-state index contributed by atoms with van der Waals surface area (Å²) in [5, 5.41) is 0. The van der Waals surface area contributed by atoms with E-state index in [0.717, 1.165) is 55.6 Å². The molecule has 1 fully saturated rings. The highest BCUT2D eigenvalue weighted by Gasteiger charge is 2.26. The normalized spacial score (nSPS) is 22.8. The van der Waals surface area contributed by atoms with Crippen LogP contribution in [-0.4, -0.2) is 0 Å². The largest absolute Gasteiger partial charge is 0.486 e. The molecule has 2 aromatic rings. The Labute approximate surface area is 201 Å². The van der Waals surface area contributed by atoms with Crippen molar-refractivity contribution in [3.8, 4) is 5.75 Å². The van der Waals surface area contributed by atoms with E-state index in [2.05, 4.69) is 13.8 Å². The van der Waals surface area contributed by atoms with Crippen LogP contribution in [0.4, 0.5) is 13.2 Å². The minimum atomic E-state index is -0.908. The second-order valence-corrected chi connectivity index (χ2v) is 9.81. The van der Waals surface area contributed by atoms with Gasteiger partial charge in [-0.3, -0.25) is 0 Å². The lowest BCUT2D eigenvalue weighted by atomic mass is 9.77. The molecule has 2 aromatic carbocycles. The molecule has 182 valence electrons. The fraction of sp³-hybridized carbons (Fsp3) is 0.467. The highest BCUT2D eigenvalue weighted by Crippen LogP contribution is 2.40. The van der Waals surface area contributed by atoms with Gasteiger partial charge in [-0.2, -0.15) is 4.39 Å². The predicted octanol–water partition coefficient (Wildman–Crippen LogP) is 9.28. The lowest BCUT2D eigenvalue weighted by Gasteiger charge is -2.29. The third kappa shape index (κ3) is 5.59. The summed E-state index contributed by atoms with van der Waals surface area (Å²) in [5.74, 6) is -0.871. The Kier molecular flexibility index (Phi) is 8.18. The van der Waals surface area contributed by atoms with Gasteiger partial charge in [0.25, 0.3) is 0 Å². The van der Waals surface area contributed by atoms with Crippen molar-refractivity contribution in [3.05, 3.63) is 82.7 Å². The molecule has 0 saturated heterocycles. The molecule has 1 unspecified atom stereocenters. The molecule has 4 heteroatoms.